The van der Waals surface area contributed by atoms with E-state index in [2.05, 4.69) is 43.1 Å². The van der Waals surface area contributed by atoms with Gasteiger partial charge >= 0.3 is 0 Å². The first-order valence-electron chi connectivity index (χ1n) is 8.24. The van der Waals surface area contributed by atoms with Gasteiger partial charge in [0.25, 0.3) is 0 Å². The third-order valence-corrected chi connectivity index (χ3v) is 4.58. The minimum Gasteiger partial charge on any atom is -0.496 e. The molecule has 1 aliphatic rings. The second-order valence-electron chi connectivity index (χ2n) is 6.39. The quantitative estimate of drug-likeness (QED) is 0.896. The van der Waals surface area contributed by atoms with E-state index in [4.69, 9.17) is 4.74 Å². The lowest BCUT2D eigenvalue weighted by Gasteiger charge is -2.25. The fourth-order valence-corrected chi connectivity index (χ4v) is 3.27. The highest BCUT2D eigenvalue weighted by Crippen LogP contribution is 2.26. The number of likely N-dealkylation sites (tertiary alicyclic amines) is 1. The van der Waals surface area contributed by atoms with Crippen molar-refractivity contribution in [2.45, 2.75) is 58.2 Å². The van der Waals surface area contributed by atoms with Crippen molar-refractivity contribution in [3.05, 3.63) is 29.8 Å². The van der Waals surface area contributed by atoms with Crippen molar-refractivity contribution in [2.24, 2.45) is 0 Å². The Morgan fingerprint density at radius 3 is 2.62 bits per heavy atom. The number of nitrogens with one attached hydrogen (secondary N) is 1. The highest BCUT2D eigenvalue weighted by Gasteiger charge is 2.21. The maximum Gasteiger partial charge on any atom is 0.123 e. The predicted octanol–water partition coefficient (Wildman–Crippen LogP) is 3.61. The topological polar surface area (TPSA) is 24.5 Å². The summed E-state index contributed by atoms with van der Waals surface area (Å²) in [5, 5.41) is 3.80. The van der Waals surface area contributed by atoms with Crippen LogP contribution in [0.3, 0.4) is 0 Å². The van der Waals surface area contributed by atoms with Crippen LogP contribution in [0.15, 0.2) is 24.3 Å². The van der Waals surface area contributed by atoms with Crippen LogP contribution in [0.2, 0.25) is 0 Å². The molecular weight excluding hydrogens is 260 g/mol. The summed E-state index contributed by atoms with van der Waals surface area (Å²) in [4.78, 5) is 2.59. The van der Waals surface area contributed by atoms with Crippen LogP contribution in [0.4, 0.5) is 0 Å². The lowest BCUT2D eigenvalue weighted by Crippen LogP contribution is -2.35. The molecule has 0 spiro atoms. The van der Waals surface area contributed by atoms with Crippen LogP contribution in [0.1, 0.15) is 51.6 Å². The normalized spacial score (nSPS) is 22.0. The highest BCUT2D eigenvalue weighted by molar-refractivity contribution is 5.35. The molecular formula is C18H30N2O. The summed E-state index contributed by atoms with van der Waals surface area (Å²) in [7, 11) is 1.75. The third kappa shape index (κ3) is 4.45. The Labute approximate surface area is 129 Å². The van der Waals surface area contributed by atoms with Gasteiger partial charge in [0.1, 0.15) is 5.75 Å². The number of nitrogens with zero attached hydrogens (tertiary/aromatic N) is 1. The van der Waals surface area contributed by atoms with Gasteiger partial charge in [0.05, 0.1) is 7.11 Å². The molecule has 2 rings (SSSR count). The van der Waals surface area contributed by atoms with Crippen LogP contribution in [0.25, 0.3) is 0 Å². The van der Waals surface area contributed by atoms with E-state index in [0.717, 1.165) is 5.75 Å². The molecule has 0 aliphatic carbocycles. The zero-order chi connectivity index (χ0) is 15.2. The van der Waals surface area contributed by atoms with Crippen LogP contribution in [0.5, 0.6) is 5.75 Å². The van der Waals surface area contributed by atoms with Crippen LogP contribution in [-0.4, -0.2) is 37.2 Å². The molecule has 1 fully saturated rings. The van der Waals surface area contributed by atoms with Crippen molar-refractivity contribution < 1.29 is 4.74 Å². The zero-order valence-electron chi connectivity index (χ0n) is 13.9. The number of methoxy groups -OCH3 is 1. The maximum atomic E-state index is 5.48. The SMILES string of the molecule is COc1ccccc1[C@H](C)NC1CCCN(C(C)C)CC1. The van der Waals surface area contributed by atoms with Gasteiger partial charge in [0.2, 0.25) is 0 Å². The van der Waals surface area contributed by atoms with E-state index in [1.165, 1.54) is 37.9 Å². The molecule has 0 aromatic heterocycles. The lowest BCUT2D eigenvalue weighted by molar-refractivity contribution is 0.228. The fourth-order valence-electron chi connectivity index (χ4n) is 3.27. The van der Waals surface area contributed by atoms with Crippen LogP contribution >= 0.6 is 0 Å². The Hall–Kier alpha value is -1.06. The molecule has 3 heteroatoms. The Bertz CT molecular complexity index is 433. The standard InChI is InChI=1S/C18H30N2O/c1-14(2)20-12-7-8-16(11-13-20)19-15(3)17-9-5-6-10-18(17)21-4/h5-6,9-10,14-16,19H,7-8,11-13H2,1-4H3/t15-,16?/m0/s1. The molecule has 2 atom stereocenters. The van der Waals surface area contributed by atoms with E-state index in [-0.39, 0.29) is 0 Å². The predicted molar refractivity (Wildman–Crippen MR) is 88.9 cm³/mol. The van der Waals surface area contributed by atoms with Crippen molar-refractivity contribution >= 4 is 0 Å². The molecule has 0 saturated carbocycles. The van der Waals surface area contributed by atoms with Crippen LogP contribution in [-0.2, 0) is 0 Å². The highest BCUT2D eigenvalue weighted by atomic mass is 16.5. The van der Waals surface area contributed by atoms with Gasteiger partial charge in [-0.1, -0.05) is 18.2 Å². The van der Waals surface area contributed by atoms with E-state index in [9.17, 15) is 0 Å². The largest absolute Gasteiger partial charge is 0.496 e. The van der Waals surface area contributed by atoms with Crippen LogP contribution in [0, 0.1) is 0 Å². The first-order chi connectivity index (χ1) is 10.1. The summed E-state index contributed by atoms with van der Waals surface area (Å²) in [5.74, 6) is 0.981. The van der Waals surface area contributed by atoms with Crippen molar-refractivity contribution in [2.75, 3.05) is 20.2 Å². The number of ether oxygens (including phenoxy) is 1. The molecule has 1 saturated heterocycles. The zero-order valence-corrected chi connectivity index (χ0v) is 13.9. The van der Waals surface area contributed by atoms with E-state index in [1.807, 2.05) is 12.1 Å². The Balaban J connectivity index is 1.95. The first kappa shape index (κ1) is 16.3. The second-order valence-corrected chi connectivity index (χ2v) is 6.39. The van der Waals surface area contributed by atoms with Crippen molar-refractivity contribution in [3.8, 4) is 5.75 Å². The third-order valence-electron chi connectivity index (χ3n) is 4.58. The Morgan fingerprint density at radius 2 is 1.90 bits per heavy atom. The molecule has 0 amide bonds. The Morgan fingerprint density at radius 1 is 1.14 bits per heavy atom. The molecule has 118 valence electrons. The molecule has 1 aromatic rings. The molecule has 0 radical (unpaired) electrons. The van der Waals surface area contributed by atoms with Gasteiger partial charge in [-0.3, -0.25) is 0 Å². The molecule has 1 unspecified atom stereocenters. The summed E-state index contributed by atoms with van der Waals surface area (Å²) < 4.78 is 5.48. The van der Waals surface area contributed by atoms with E-state index < -0.39 is 0 Å². The average Bonchev–Trinajstić information content (AvgIpc) is 2.72. The lowest BCUT2D eigenvalue weighted by atomic mass is 10.0. The van der Waals surface area contributed by atoms with Crippen molar-refractivity contribution in [3.63, 3.8) is 0 Å². The molecule has 1 aliphatic heterocycles. The summed E-state index contributed by atoms with van der Waals surface area (Å²) in [6.45, 7) is 9.27. The fraction of sp³-hybridized carbons (Fsp3) is 0.667. The molecule has 0 bridgehead atoms. The monoisotopic (exact) mass is 290 g/mol. The summed E-state index contributed by atoms with van der Waals surface area (Å²) in [6, 6.07) is 9.92. The van der Waals surface area contributed by atoms with Gasteiger partial charge in [0, 0.05) is 23.7 Å². The van der Waals surface area contributed by atoms with Crippen LogP contribution < -0.4 is 10.1 Å². The first-order valence-corrected chi connectivity index (χ1v) is 8.24. The molecule has 21 heavy (non-hydrogen) atoms. The molecule has 1 aromatic carbocycles. The second kappa shape index (κ2) is 7.81. The molecule has 1 N–H and O–H groups in total. The van der Waals surface area contributed by atoms with E-state index in [0.29, 0.717) is 18.1 Å². The molecule has 1 heterocycles. The Kier molecular flexibility index (Phi) is 6.07. The summed E-state index contributed by atoms with van der Waals surface area (Å²) >= 11 is 0. The average molecular weight is 290 g/mol. The number of hydrogen-bond donors (Lipinski definition) is 1. The van der Waals surface area contributed by atoms with Crippen molar-refractivity contribution in [1.82, 2.24) is 10.2 Å². The van der Waals surface area contributed by atoms with Gasteiger partial charge in [-0.2, -0.15) is 0 Å². The van der Waals surface area contributed by atoms with E-state index in [1.54, 1.807) is 7.11 Å². The number of para-hydroxylation sites is 1. The van der Waals surface area contributed by atoms with Gasteiger partial charge < -0.3 is 15.0 Å². The van der Waals surface area contributed by atoms with Crippen molar-refractivity contribution in [1.29, 1.82) is 0 Å². The minimum atomic E-state index is 0.330. The molecule has 3 nitrogen and oxygen atoms in total. The van der Waals surface area contributed by atoms with Gasteiger partial charge in [-0.05, 0) is 59.2 Å². The number of rotatable bonds is 5. The van der Waals surface area contributed by atoms with E-state index >= 15 is 0 Å². The number of benzene rings is 1. The summed E-state index contributed by atoms with van der Waals surface area (Å²) in [6.07, 6.45) is 3.79. The van der Waals surface area contributed by atoms with Gasteiger partial charge in [-0.25, -0.2) is 0 Å². The maximum absolute atomic E-state index is 5.48. The minimum absolute atomic E-state index is 0.330. The number of hydrogen-bond acceptors (Lipinski definition) is 3. The smallest absolute Gasteiger partial charge is 0.123 e. The van der Waals surface area contributed by atoms with Gasteiger partial charge in [-0.15, -0.1) is 0 Å². The van der Waals surface area contributed by atoms with Gasteiger partial charge in [0.15, 0.2) is 0 Å². The summed E-state index contributed by atoms with van der Waals surface area (Å²) in [5.41, 5.74) is 1.25.